The molecule has 1 heterocycles. The van der Waals surface area contributed by atoms with Crippen molar-refractivity contribution in [2.45, 2.75) is 26.2 Å². The highest BCUT2D eigenvalue weighted by atomic mass is 79.9. The summed E-state index contributed by atoms with van der Waals surface area (Å²) in [5, 5.41) is 1.32. The Kier molecular flexibility index (Phi) is 4.73. The molecule has 0 bridgehead atoms. The lowest BCUT2D eigenvalue weighted by molar-refractivity contribution is 0.0739. The number of benzene rings is 2. The first-order valence-corrected chi connectivity index (χ1v) is 9.45. The number of ether oxygens (including phenoxy) is 1. The number of fused-ring (bicyclic) bond motifs is 1. The summed E-state index contributed by atoms with van der Waals surface area (Å²) in [6.45, 7) is 6.41. The van der Waals surface area contributed by atoms with Crippen molar-refractivity contribution >= 4 is 54.9 Å². The first kappa shape index (κ1) is 17.5. The van der Waals surface area contributed by atoms with Crippen molar-refractivity contribution in [3.8, 4) is 5.75 Å². The SMILES string of the molecule is CC(C)(C)c1ccc(OC(=O)c2sc3ccccc3c2Cl)c(Br)c1. The predicted octanol–water partition coefficient (Wildman–Crippen LogP) is 6.83. The normalized spacial score (nSPS) is 11.7. The molecular weight excluding hydrogens is 408 g/mol. The Morgan fingerprint density at radius 1 is 1.17 bits per heavy atom. The molecule has 0 radical (unpaired) electrons. The molecule has 0 unspecified atom stereocenters. The van der Waals surface area contributed by atoms with Gasteiger partial charge >= 0.3 is 5.97 Å². The minimum absolute atomic E-state index is 0.0276. The summed E-state index contributed by atoms with van der Waals surface area (Å²) in [7, 11) is 0. The predicted molar refractivity (Wildman–Crippen MR) is 105 cm³/mol. The maximum absolute atomic E-state index is 12.5. The summed E-state index contributed by atoms with van der Waals surface area (Å²) < 4.78 is 7.27. The quantitative estimate of drug-likeness (QED) is 0.333. The first-order valence-electron chi connectivity index (χ1n) is 7.46. The van der Waals surface area contributed by atoms with Crippen molar-refractivity contribution < 1.29 is 9.53 Å². The molecule has 3 aromatic rings. The zero-order valence-corrected chi connectivity index (χ0v) is 16.7. The fraction of sp³-hybridized carbons (Fsp3) is 0.211. The molecule has 0 atom stereocenters. The van der Waals surface area contributed by atoms with Crippen molar-refractivity contribution in [2.24, 2.45) is 0 Å². The average Bonchev–Trinajstić information content (AvgIpc) is 2.86. The largest absolute Gasteiger partial charge is 0.421 e. The second kappa shape index (κ2) is 6.51. The Bertz CT molecular complexity index is 925. The number of hydrogen-bond donors (Lipinski definition) is 0. The minimum atomic E-state index is -0.439. The molecule has 0 saturated carbocycles. The lowest BCUT2D eigenvalue weighted by Gasteiger charge is -2.19. The zero-order chi connectivity index (χ0) is 17.5. The van der Waals surface area contributed by atoms with Crippen LogP contribution in [-0.4, -0.2) is 5.97 Å². The van der Waals surface area contributed by atoms with E-state index in [-0.39, 0.29) is 5.41 Å². The maximum atomic E-state index is 12.5. The van der Waals surface area contributed by atoms with Gasteiger partial charge in [0.05, 0.1) is 9.50 Å². The summed E-state index contributed by atoms with van der Waals surface area (Å²) in [4.78, 5) is 12.9. The molecule has 0 aliphatic rings. The molecule has 0 aliphatic heterocycles. The molecule has 0 aliphatic carbocycles. The van der Waals surface area contributed by atoms with Crippen molar-refractivity contribution in [3.05, 3.63) is 62.4 Å². The van der Waals surface area contributed by atoms with Crippen LogP contribution in [0.25, 0.3) is 10.1 Å². The lowest BCUT2D eigenvalue weighted by atomic mass is 9.87. The van der Waals surface area contributed by atoms with Crippen LogP contribution in [0.5, 0.6) is 5.75 Å². The Morgan fingerprint density at radius 3 is 2.50 bits per heavy atom. The molecule has 3 rings (SSSR count). The number of rotatable bonds is 2. The van der Waals surface area contributed by atoms with Gasteiger partial charge in [-0.3, -0.25) is 0 Å². The van der Waals surface area contributed by atoms with Gasteiger partial charge in [0.1, 0.15) is 10.6 Å². The Balaban J connectivity index is 1.90. The molecule has 0 saturated heterocycles. The standard InChI is InChI=1S/C19H16BrClO2S/c1-19(2,3)11-8-9-14(13(20)10-11)23-18(22)17-16(21)12-6-4-5-7-15(12)24-17/h4-10H,1-3H3. The summed E-state index contributed by atoms with van der Waals surface area (Å²) in [5.74, 6) is 0.0481. The summed E-state index contributed by atoms with van der Waals surface area (Å²) >= 11 is 11.2. The van der Waals surface area contributed by atoms with Crippen molar-refractivity contribution in [1.82, 2.24) is 0 Å². The second-order valence-corrected chi connectivity index (χ2v) is 8.81. The molecule has 124 valence electrons. The van der Waals surface area contributed by atoms with E-state index in [0.29, 0.717) is 15.6 Å². The Hall–Kier alpha value is -1.36. The van der Waals surface area contributed by atoms with E-state index in [1.165, 1.54) is 11.3 Å². The lowest BCUT2D eigenvalue weighted by Crippen LogP contribution is -2.12. The fourth-order valence-electron chi connectivity index (χ4n) is 2.34. The van der Waals surface area contributed by atoms with E-state index in [4.69, 9.17) is 16.3 Å². The van der Waals surface area contributed by atoms with E-state index in [9.17, 15) is 4.79 Å². The third kappa shape index (κ3) is 3.37. The first-order chi connectivity index (χ1) is 11.3. The van der Waals surface area contributed by atoms with E-state index < -0.39 is 5.97 Å². The monoisotopic (exact) mass is 422 g/mol. The van der Waals surface area contributed by atoms with Gasteiger partial charge in [-0.25, -0.2) is 4.79 Å². The van der Waals surface area contributed by atoms with Crippen LogP contribution in [0.4, 0.5) is 0 Å². The molecular formula is C19H16BrClO2S. The van der Waals surface area contributed by atoms with Gasteiger partial charge in [0.15, 0.2) is 0 Å². The van der Waals surface area contributed by atoms with Gasteiger partial charge < -0.3 is 4.74 Å². The van der Waals surface area contributed by atoms with Gasteiger partial charge in [-0.05, 0) is 45.1 Å². The Morgan fingerprint density at radius 2 is 1.88 bits per heavy atom. The second-order valence-electron chi connectivity index (χ2n) is 6.53. The molecule has 1 aromatic heterocycles. The van der Waals surface area contributed by atoms with Crippen molar-refractivity contribution in [2.75, 3.05) is 0 Å². The number of carbonyl (C=O) groups is 1. The van der Waals surface area contributed by atoms with Crippen LogP contribution in [0.2, 0.25) is 5.02 Å². The van der Waals surface area contributed by atoms with E-state index in [1.54, 1.807) is 0 Å². The number of esters is 1. The van der Waals surface area contributed by atoms with Crippen molar-refractivity contribution in [3.63, 3.8) is 0 Å². The molecule has 0 fully saturated rings. The van der Waals surface area contributed by atoms with E-state index in [0.717, 1.165) is 20.1 Å². The number of carbonyl (C=O) groups excluding carboxylic acids is 1. The zero-order valence-electron chi connectivity index (χ0n) is 13.5. The van der Waals surface area contributed by atoms with Crippen LogP contribution in [0.15, 0.2) is 46.9 Å². The van der Waals surface area contributed by atoms with Crippen LogP contribution in [-0.2, 0) is 5.41 Å². The molecule has 0 N–H and O–H groups in total. The summed E-state index contributed by atoms with van der Waals surface area (Å²) in [6, 6.07) is 13.4. The highest BCUT2D eigenvalue weighted by molar-refractivity contribution is 9.10. The topological polar surface area (TPSA) is 26.3 Å². The fourth-order valence-corrected chi connectivity index (χ4v) is 4.19. The molecule has 24 heavy (non-hydrogen) atoms. The molecule has 0 amide bonds. The summed E-state index contributed by atoms with van der Waals surface area (Å²) in [6.07, 6.45) is 0. The third-order valence-corrected chi connectivity index (χ3v) is 6.00. The highest BCUT2D eigenvalue weighted by Crippen LogP contribution is 2.37. The van der Waals surface area contributed by atoms with Gasteiger partial charge in [-0.2, -0.15) is 0 Å². The average molecular weight is 424 g/mol. The summed E-state index contributed by atoms with van der Waals surface area (Å²) in [5.41, 5.74) is 1.19. The van der Waals surface area contributed by atoms with Gasteiger partial charge in [0.25, 0.3) is 0 Å². The molecule has 0 spiro atoms. The number of thiophene rings is 1. The Labute approximate surface area is 158 Å². The molecule has 5 heteroatoms. The molecule has 2 nitrogen and oxygen atoms in total. The smallest absolute Gasteiger partial charge is 0.355 e. The number of hydrogen-bond acceptors (Lipinski definition) is 3. The van der Waals surface area contributed by atoms with Crippen LogP contribution >= 0.6 is 38.9 Å². The van der Waals surface area contributed by atoms with E-state index in [1.807, 2.05) is 42.5 Å². The maximum Gasteiger partial charge on any atom is 0.355 e. The third-order valence-electron chi connectivity index (χ3n) is 3.72. The van der Waals surface area contributed by atoms with E-state index >= 15 is 0 Å². The van der Waals surface area contributed by atoms with Gasteiger partial charge in [0, 0.05) is 10.1 Å². The van der Waals surface area contributed by atoms with Crippen LogP contribution < -0.4 is 4.74 Å². The number of halogens is 2. The van der Waals surface area contributed by atoms with Gasteiger partial charge in [-0.1, -0.05) is 56.6 Å². The van der Waals surface area contributed by atoms with Crippen LogP contribution in [0.1, 0.15) is 36.0 Å². The minimum Gasteiger partial charge on any atom is -0.421 e. The van der Waals surface area contributed by atoms with Crippen molar-refractivity contribution in [1.29, 1.82) is 0 Å². The van der Waals surface area contributed by atoms with E-state index in [2.05, 4.69) is 36.7 Å². The van der Waals surface area contributed by atoms with Gasteiger partial charge in [0.2, 0.25) is 0 Å². The van der Waals surface area contributed by atoms with Crippen LogP contribution in [0.3, 0.4) is 0 Å². The van der Waals surface area contributed by atoms with Gasteiger partial charge in [-0.15, -0.1) is 11.3 Å². The molecule has 2 aromatic carbocycles. The van der Waals surface area contributed by atoms with Crippen LogP contribution in [0, 0.1) is 0 Å². The highest BCUT2D eigenvalue weighted by Gasteiger charge is 2.21.